The Morgan fingerprint density at radius 2 is 1.94 bits per heavy atom. The number of hydrogen-bond donors (Lipinski definition) is 1. The lowest BCUT2D eigenvalue weighted by Crippen LogP contribution is -1.87. The molecule has 1 aromatic heterocycles. The van der Waals surface area contributed by atoms with Gasteiger partial charge in [-0.15, -0.1) is 0 Å². The van der Waals surface area contributed by atoms with Crippen LogP contribution in [0.25, 0.3) is 22.3 Å². The molecule has 0 aliphatic heterocycles. The summed E-state index contributed by atoms with van der Waals surface area (Å²) in [5.74, 6) is 0.319. The predicted octanol–water partition coefficient (Wildman–Crippen LogP) is 4.13. The molecule has 1 heterocycles. The van der Waals surface area contributed by atoms with E-state index >= 15 is 0 Å². The third-order valence-corrected chi connectivity index (χ3v) is 3.01. The molecule has 0 atom stereocenters. The van der Waals surface area contributed by atoms with E-state index in [-0.39, 0.29) is 5.82 Å². The van der Waals surface area contributed by atoms with Crippen molar-refractivity contribution in [3.05, 3.63) is 53.8 Å². The molecule has 0 aliphatic carbocycles. The van der Waals surface area contributed by atoms with Gasteiger partial charge in [0.1, 0.15) is 5.76 Å². The van der Waals surface area contributed by atoms with Crippen LogP contribution in [-0.4, -0.2) is 0 Å². The van der Waals surface area contributed by atoms with Crippen LogP contribution in [-0.2, 0) is 0 Å². The maximum Gasteiger partial charge on any atom is 0.170 e. The minimum Gasteiger partial charge on any atom is -0.453 e. The molecule has 0 fully saturated rings. The molecule has 3 aromatic rings. The van der Waals surface area contributed by atoms with Crippen molar-refractivity contribution >= 4 is 16.7 Å². The molecular formula is C15H12FNO. The summed E-state index contributed by atoms with van der Waals surface area (Å²) in [6.07, 6.45) is 0. The number of rotatable bonds is 1. The van der Waals surface area contributed by atoms with Crippen LogP contribution >= 0.6 is 0 Å². The van der Waals surface area contributed by atoms with E-state index in [0.717, 1.165) is 16.5 Å². The second kappa shape index (κ2) is 3.88. The summed E-state index contributed by atoms with van der Waals surface area (Å²) in [5.41, 5.74) is 8.66. The Morgan fingerprint density at radius 3 is 2.67 bits per heavy atom. The van der Waals surface area contributed by atoms with Gasteiger partial charge in [0.15, 0.2) is 11.4 Å². The molecule has 0 aliphatic rings. The van der Waals surface area contributed by atoms with Crippen molar-refractivity contribution in [1.29, 1.82) is 0 Å². The Hall–Kier alpha value is -2.29. The number of benzene rings is 2. The molecule has 3 heteroatoms. The molecule has 3 rings (SSSR count). The zero-order valence-electron chi connectivity index (χ0n) is 9.91. The third kappa shape index (κ3) is 1.64. The van der Waals surface area contributed by atoms with Crippen molar-refractivity contribution in [3.63, 3.8) is 0 Å². The molecule has 0 radical (unpaired) electrons. The minimum atomic E-state index is -0.341. The van der Waals surface area contributed by atoms with Crippen LogP contribution in [0.2, 0.25) is 0 Å². The fraction of sp³-hybridized carbons (Fsp3) is 0.0667. The summed E-state index contributed by atoms with van der Waals surface area (Å²) in [6, 6.07) is 12.3. The number of furan rings is 1. The average Bonchev–Trinajstić information content (AvgIpc) is 2.74. The first-order valence-corrected chi connectivity index (χ1v) is 5.70. The second-order valence-electron chi connectivity index (χ2n) is 4.34. The van der Waals surface area contributed by atoms with Crippen LogP contribution in [0.3, 0.4) is 0 Å². The Kier molecular flexibility index (Phi) is 2.33. The largest absolute Gasteiger partial charge is 0.453 e. The zero-order chi connectivity index (χ0) is 12.7. The lowest BCUT2D eigenvalue weighted by atomic mass is 10.1. The maximum atomic E-state index is 13.6. The van der Waals surface area contributed by atoms with Crippen LogP contribution in [0.1, 0.15) is 5.56 Å². The van der Waals surface area contributed by atoms with Crippen LogP contribution in [0, 0.1) is 12.7 Å². The maximum absolute atomic E-state index is 13.6. The van der Waals surface area contributed by atoms with Crippen molar-refractivity contribution < 1.29 is 8.81 Å². The minimum absolute atomic E-state index is 0.295. The Labute approximate surface area is 104 Å². The van der Waals surface area contributed by atoms with Crippen molar-refractivity contribution in [2.75, 3.05) is 5.73 Å². The van der Waals surface area contributed by atoms with Crippen LogP contribution in [0.4, 0.5) is 10.1 Å². The molecule has 0 unspecified atom stereocenters. The van der Waals surface area contributed by atoms with E-state index in [2.05, 4.69) is 0 Å². The quantitative estimate of drug-likeness (QED) is 0.650. The Morgan fingerprint density at radius 1 is 1.11 bits per heavy atom. The van der Waals surface area contributed by atoms with Crippen molar-refractivity contribution in [2.45, 2.75) is 6.92 Å². The number of hydrogen-bond acceptors (Lipinski definition) is 2. The average molecular weight is 241 g/mol. The number of nitrogen functional groups attached to an aromatic ring is 1. The zero-order valence-corrected chi connectivity index (χ0v) is 9.91. The van der Waals surface area contributed by atoms with Gasteiger partial charge < -0.3 is 10.2 Å². The van der Waals surface area contributed by atoms with Gasteiger partial charge in [0, 0.05) is 16.6 Å². The number of aryl methyl sites for hydroxylation is 1. The molecule has 0 spiro atoms. The fourth-order valence-electron chi connectivity index (χ4n) is 2.12. The van der Waals surface area contributed by atoms with E-state index in [9.17, 15) is 4.39 Å². The van der Waals surface area contributed by atoms with Gasteiger partial charge in [0.25, 0.3) is 0 Å². The first-order valence-electron chi connectivity index (χ1n) is 5.70. The molecule has 0 amide bonds. The van der Waals surface area contributed by atoms with E-state index < -0.39 is 0 Å². The standard InChI is InChI=1S/C15H12FNO/c1-9-7-11(17)5-6-12(9)14-8-10-3-2-4-13(16)15(10)18-14/h2-8H,17H2,1H3. The Bertz CT molecular complexity index is 730. The van der Waals surface area contributed by atoms with Gasteiger partial charge >= 0.3 is 0 Å². The van der Waals surface area contributed by atoms with Gasteiger partial charge in [-0.3, -0.25) is 0 Å². The molecule has 18 heavy (non-hydrogen) atoms. The lowest BCUT2D eigenvalue weighted by molar-refractivity contribution is 0.568. The highest BCUT2D eigenvalue weighted by Crippen LogP contribution is 2.31. The highest BCUT2D eigenvalue weighted by molar-refractivity contribution is 5.84. The van der Waals surface area contributed by atoms with Crippen molar-refractivity contribution in [1.82, 2.24) is 0 Å². The SMILES string of the molecule is Cc1cc(N)ccc1-c1cc2cccc(F)c2o1. The number of anilines is 1. The number of nitrogens with two attached hydrogens (primary N) is 1. The summed E-state index contributed by atoms with van der Waals surface area (Å²) in [6.45, 7) is 1.95. The summed E-state index contributed by atoms with van der Waals surface area (Å²) >= 11 is 0. The predicted molar refractivity (Wildman–Crippen MR) is 70.8 cm³/mol. The molecule has 0 saturated heterocycles. The molecule has 2 nitrogen and oxygen atoms in total. The Balaban J connectivity index is 2.23. The van der Waals surface area contributed by atoms with E-state index in [1.807, 2.05) is 37.3 Å². The van der Waals surface area contributed by atoms with Crippen molar-refractivity contribution in [3.8, 4) is 11.3 Å². The van der Waals surface area contributed by atoms with Crippen LogP contribution < -0.4 is 5.73 Å². The summed E-state index contributed by atoms with van der Waals surface area (Å²) in [4.78, 5) is 0. The molecule has 2 aromatic carbocycles. The fourth-order valence-corrected chi connectivity index (χ4v) is 2.12. The van der Waals surface area contributed by atoms with Crippen LogP contribution in [0.15, 0.2) is 46.9 Å². The lowest BCUT2D eigenvalue weighted by Gasteiger charge is -2.03. The second-order valence-corrected chi connectivity index (χ2v) is 4.34. The number of fused-ring (bicyclic) bond motifs is 1. The summed E-state index contributed by atoms with van der Waals surface area (Å²) in [5, 5.41) is 0.765. The third-order valence-electron chi connectivity index (χ3n) is 3.01. The molecule has 0 bridgehead atoms. The summed E-state index contributed by atoms with van der Waals surface area (Å²) < 4.78 is 19.2. The van der Waals surface area contributed by atoms with Crippen molar-refractivity contribution in [2.24, 2.45) is 0 Å². The monoisotopic (exact) mass is 241 g/mol. The van der Waals surface area contributed by atoms with E-state index in [0.29, 0.717) is 17.0 Å². The molecule has 0 saturated carbocycles. The van der Waals surface area contributed by atoms with Gasteiger partial charge in [-0.1, -0.05) is 12.1 Å². The van der Waals surface area contributed by atoms with Gasteiger partial charge in [-0.25, -0.2) is 4.39 Å². The topological polar surface area (TPSA) is 39.2 Å². The van der Waals surface area contributed by atoms with Gasteiger partial charge in [-0.05, 0) is 42.8 Å². The smallest absolute Gasteiger partial charge is 0.170 e. The highest BCUT2D eigenvalue weighted by Gasteiger charge is 2.11. The van der Waals surface area contributed by atoms with E-state index in [1.165, 1.54) is 6.07 Å². The number of halogens is 1. The molecular weight excluding hydrogens is 229 g/mol. The highest BCUT2D eigenvalue weighted by atomic mass is 19.1. The molecule has 2 N–H and O–H groups in total. The molecule has 90 valence electrons. The van der Waals surface area contributed by atoms with Crippen LogP contribution in [0.5, 0.6) is 0 Å². The first-order chi connectivity index (χ1) is 8.65. The summed E-state index contributed by atoms with van der Waals surface area (Å²) in [7, 11) is 0. The normalized spacial score (nSPS) is 11.0. The van der Waals surface area contributed by atoms with Gasteiger partial charge in [0.2, 0.25) is 0 Å². The van der Waals surface area contributed by atoms with Gasteiger partial charge in [0.05, 0.1) is 0 Å². The first kappa shape index (κ1) is 10.8. The number of para-hydroxylation sites is 1. The van der Waals surface area contributed by atoms with E-state index in [4.69, 9.17) is 10.2 Å². The van der Waals surface area contributed by atoms with Gasteiger partial charge in [-0.2, -0.15) is 0 Å². The van der Waals surface area contributed by atoms with E-state index in [1.54, 1.807) is 6.07 Å².